The van der Waals surface area contributed by atoms with Crippen LogP contribution in [0.25, 0.3) is 0 Å². The molecule has 0 amide bonds. The van der Waals surface area contributed by atoms with Crippen molar-refractivity contribution in [2.24, 2.45) is 0 Å². The molecule has 2 rings (SSSR count). The second-order valence-electron chi connectivity index (χ2n) is 4.83. The van der Waals surface area contributed by atoms with E-state index in [0.717, 1.165) is 15.8 Å². The van der Waals surface area contributed by atoms with Crippen molar-refractivity contribution in [2.45, 2.75) is 19.1 Å². The Hall–Kier alpha value is -1.43. The van der Waals surface area contributed by atoms with Crippen LogP contribution in [0.4, 0.5) is 0 Å². The lowest BCUT2D eigenvalue weighted by Crippen LogP contribution is -2.33. The smallest absolute Gasteiger partial charge is 0.119 e. The standard InChI is InChI=1S/C16H19BrN2O2/c1-12(13-6-8-18-9-7-13)19-10-15(20)11-21-16-4-2-14(17)3-5-16/h2-9,12,15,19-20H,10-11H2,1H3/t12-,15?/m0/s1. The van der Waals surface area contributed by atoms with Crippen LogP contribution in [0.15, 0.2) is 53.3 Å². The van der Waals surface area contributed by atoms with E-state index in [-0.39, 0.29) is 12.6 Å². The summed E-state index contributed by atoms with van der Waals surface area (Å²) >= 11 is 3.37. The second-order valence-corrected chi connectivity index (χ2v) is 5.74. The van der Waals surface area contributed by atoms with Gasteiger partial charge in [0.05, 0.1) is 0 Å². The second kappa shape index (κ2) is 8.12. The summed E-state index contributed by atoms with van der Waals surface area (Å²) in [6.07, 6.45) is 2.97. The average molecular weight is 351 g/mol. The number of hydrogen-bond donors (Lipinski definition) is 2. The zero-order valence-electron chi connectivity index (χ0n) is 11.9. The van der Waals surface area contributed by atoms with E-state index in [4.69, 9.17) is 4.74 Å². The Morgan fingerprint density at radius 3 is 2.52 bits per heavy atom. The normalized spacial score (nSPS) is 13.7. The molecule has 2 atom stereocenters. The van der Waals surface area contributed by atoms with Gasteiger partial charge in [0.1, 0.15) is 18.5 Å². The van der Waals surface area contributed by atoms with Gasteiger partial charge in [-0.3, -0.25) is 4.98 Å². The largest absolute Gasteiger partial charge is 0.491 e. The quantitative estimate of drug-likeness (QED) is 0.805. The lowest BCUT2D eigenvalue weighted by atomic mass is 10.1. The maximum Gasteiger partial charge on any atom is 0.119 e. The Labute approximate surface area is 133 Å². The summed E-state index contributed by atoms with van der Waals surface area (Å²) in [5.74, 6) is 0.749. The minimum absolute atomic E-state index is 0.162. The molecule has 0 spiro atoms. The van der Waals surface area contributed by atoms with Crippen molar-refractivity contribution in [1.29, 1.82) is 0 Å². The summed E-state index contributed by atoms with van der Waals surface area (Å²) in [6.45, 7) is 2.79. The van der Waals surface area contributed by atoms with Crippen LogP contribution in [0, 0.1) is 0 Å². The highest BCUT2D eigenvalue weighted by Crippen LogP contribution is 2.16. The van der Waals surface area contributed by atoms with E-state index in [2.05, 4.69) is 33.2 Å². The van der Waals surface area contributed by atoms with Gasteiger partial charge in [-0.1, -0.05) is 15.9 Å². The van der Waals surface area contributed by atoms with Gasteiger partial charge in [0.2, 0.25) is 0 Å². The Morgan fingerprint density at radius 1 is 1.19 bits per heavy atom. The van der Waals surface area contributed by atoms with Crippen molar-refractivity contribution in [3.8, 4) is 5.75 Å². The minimum Gasteiger partial charge on any atom is -0.491 e. The molecule has 112 valence electrons. The van der Waals surface area contributed by atoms with Crippen LogP contribution in [-0.4, -0.2) is 29.3 Å². The van der Waals surface area contributed by atoms with Crippen molar-refractivity contribution >= 4 is 15.9 Å². The number of pyridine rings is 1. The van der Waals surface area contributed by atoms with E-state index in [1.165, 1.54) is 0 Å². The fourth-order valence-electron chi connectivity index (χ4n) is 1.86. The molecule has 0 aliphatic heterocycles. The molecule has 0 saturated carbocycles. The zero-order chi connectivity index (χ0) is 15.1. The van der Waals surface area contributed by atoms with Gasteiger partial charge in [-0.2, -0.15) is 0 Å². The third-order valence-electron chi connectivity index (χ3n) is 3.12. The Balaban J connectivity index is 1.72. The highest BCUT2D eigenvalue weighted by Gasteiger charge is 2.09. The Kier molecular flexibility index (Phi) is 6.17. The van der Waals surface area contributed by atoms with Crippen molar-refractivity contribution < 1.29 is 9.84 Å². The molecule has 1 aromatic heterocycles. The van der Waals surface area contributed by atoms with Crippen molar-refractivity contribution in [1.82, 2.24) is 10.3 Å². The Morgan fingerprint density at radius 2 is 1.86 bits per heavy atom. The van der Waals surface area contributed by atoms with E-state index >= 15 is 0 Å². The van der Waals surface area contributed by atoms with Crippen LogP contribution in [0.1, 0.15) is 18.5 Å². The van der Waals surface area contributed by atoms with Gasteiger partial charge in [0.15, 0.2) is 0 Å². The molecule has 0 aliphatic carbocycles. The van der Waals surface area contributed by atoms with E-state index in [1.54, 1.807) is 12.4 Å². The van der Waals surface area contributed by atoms with Crippen molar-refractivity contribution in [3.63, 3.8) is 0 Å². The molecule has 4 nitrogen and oxygen atoms in total. The summed E-state index contributed by atoms with van der Waals surface area (Å²) < 4.78 is 6.54. The molecule has 5 heteroatoms. The van der Waals surface area contributed by atoms with Gasteiger partial charge in [-0.25, -0.2) is 0 Å². The first-order valence-electron chi connectivity index (χ1n) is 6.85. The monoisotopic (exact) mass is 350 g/mol. The number of nitrogens with one attached hydrogen (secondary N) is 1. The average Bonchev–Trinajstić information content (AvgIpc) is 2.53. The predicted octanol–water partition coefficient (Wildman–Crippen LogP) is 2.93. The van der Waals surface area contributed by atoms with Gasteiger partial charge in [0, 0.05) is 29.5 Å². The Bertz CT molecular complexity index is 534. The molecular weight excluding hydrogens is 332 g/mol. The summed E-state index contributed by atoms with van der Waals surface area (Å²) in [5.41, 5.74) is 1.14. The highest BCUT2D eigenvalue weighted by atomic mass is 79.9. The maximum absolute atomic E-state index is 9.95. The molecular formula is C16H19BrN2O2. The van der Waals surface area contributed by atoms with Crippen LogP contribution < -0.4 is 10.1 Å². The summed E-state index contributed by atoms with van der Waals surface area (Å²) in [6, 6.07) is 11.6. The number of aliphatic hydroxyl groups excluding tert-OH is 1. The van der Waals surface area contributed by atoms with Crippen LogP contribution in [-0.2, 0) is 0 Å². The van der Waals surface area contributed by atoms with E-state index in [0.29, 0.717) is 6.54 Å². The summed E-state index contributed by atoms with van der Waals surface area (Å²) in [5, 5.41) is 13.2. The third kappa shape index (κ3) is 5.46. The van der Waals surface area contributed by atoms with Crippen LogP contribution in [0.2, 0.25) is 0 Å². The molecule has 21 heavy (non-hydrogen) atoms. The molecule has 0 bridgehead atoms. The molecule has 0 aliphatic rings. The summed E-state index contributed by atoms with van der Waals surface area (Å²) in [4.78, 5) is 3.99. The van der Waals surface area contributed by atoms with Gasteiger partial charge < -0.3 is 15.2 Å². The van der Waals surface area contributed by atoms with Crippen LogP contribution >= 0.6 is 15.9 Å². The minimum atomic E-state index is -0.557. The van der Waals surface area contributed by atoms with Gasteiger partial charge in [0.25, 0.3) is 0 Å². The van der Waals surface area contributed by atoms with Crippen molar-refractivity contribution in [3.05, 3.63) is 58.8 Å². The number of halogens is 1. The number of aromatic nitrogens is 1. The predicted molar refractivity (Wildman–Crippen MR) is 86.3 cm³/mol. The number of rotatable bonds is 7. The SMILES string of the molecule is C[C@H](NCC(O)COc1ccc(Br)cc1)c1ccncc1. The number of aliphatic hydroxyl groups is 1. The number of nitrogens with zero attached hydrogens (tertiary/aromatic N) is 1. The molecule has 0 saturated heterocycles. The fraction of sp³-hybridized carbons (Fsp3) is 0.312. The topological polar surface area (TPSA) is 54.4 Å². The molecule has 0 fully saturated rings. The third-order valence-corrected chi connectivity index (χ3v) is 3.65. The maximum atomic E-state index is 9.95. The molecule has 1 unspecified atom stereocenters. The number of ether oxygens (including phenoxy) is 1. The lowest BCUT2D eigenvalue weighted by molar-refractivity contribution is 0.104. The molecule has 1 aromatic carbocycles. The fourth-order valence-corrected chi connectivity index (χ4v) is 2.13. The van der Waals surface area contributed by atoms with E-state index < -0.39 is 6.10 Å². The first-order chi connectivity index (χ1) is 10.1. The van der Waals surface area contributed by atoms with Crippen LogP contribution in [0.5, 0.6) is 5.75 Å². The molecule has 1 heterocycles. The van der Waals surface area contributed by atoms with E-state index in [9.17, 15) is 5.11 Å². The first kappa shape index (κ1) is 15.9. The van der Waals surface area contributed by atoms with Gasteiger partial charge in [-0.15, -0.1) is 0 Å². The first-order valence-corrected chi connectivity index (χ1v) is 7.64. The zero-order valence-corrected chi connectivity index (χ0v) is 13.5. The molecule has 2 N–H and O–H groups in total. The number of hydrogen-bond acceptors (Lipinski definition) is 4. The van der Waals surface area contributed by atoms with Crippen molar-refractivity contribution in [2.75, 3.05) is 13.2 Å². The number of benzene rings is 1. The van der Waals surface area contributed by atoms with Crippen LogP contribution in [0.3, 0.4) is 0 Å². The molecule has 0 radical (unpaired) electrons. The van der Waals surface area contributed by atoms with Gasteiger partial charge in [-0.05, 0) is 48.9 Å². The molecule has 2 aromatic rings. The lowest BCUT2D eigenvalue weighted by Gasteiger charge is -2.17. The van der Waals surface area contributed by atoms with E-state index in [1.807, 2.05) is 36.4 Å². The summed E-state index contributed by atoms with van der Waals surface area (Å²) in [7, 11) is 0. The van der Waals surface area contributed by atoms with Gasteiger partial charge >= 0.3 is 0 Å². The highest BCUT2D eigenvalue weighted by molar-refractivity contribution is 9.10.